The van der Waals surface area contributed by atoms with Crippen molar-refractivity contribution < 1.29 is 4.57 Å². The topological polar surface area (TPSA) is 25.2 Å². The van der Waals surface area contributed by atoms with Crippen LogP contribution in [0.2, 0.25) is 0 Å². The summed E-state index contributed by atoms with van der Waals surface area (Å²) in [6.07, 6.45) is 0. The molecular formula is C54H37N2OP. The summed E-state index contributed by atoms with van der Waals surface area (Å²) in [5.74, 6) is 0. The first kappa shape index (κ1) is 34.1. The van der Waals surface area contributed by atoms with Crippen molar-refractivity contribution in [2.45, 2.75) is 0 Å². The van der Waals surface area contributed by atoms with Crippen LogP contribution < -0.4 is 20.8 Å². The van der Waals surface area contributed by atoms with Crippen molar-refractivity contribution in [2.24, 2.45) is 0 Å². The number of rotatable bonds is 7. The van der Waals surface area contributed by atoms with Crippen LogP contribution in [0.15, 0.2) is 224 Å². The van der Waals surface area contributed by atoms with Gasteiger partial charge in [0.05, 0.1) is 11.0 Å². The molecule has 0 saturated heterocycles. The SMILES string of the molecule is O=P1(c2ccccc2)c2ccccc2-c2ccc3c(c21)c1ccccc1n3-c1ccc(N(c2ccc(-c3ccccc3)cc2)c2ccc(-c3ccccc3)cc2)cc1. The highest BCUT2D eigenvalue weighted by Crippen LogP contribution is 2.55. The van der Waals surface area contributed by atoms with Crippen LogP contribution in [0, 0.1) is 0 Å². The quantitative estimate of drug-likeness (QED) is 0.151. The molecule has 0 radical (unpaired) electrons. The van der Waals surface area contributed by atoms with E-state index in [1.807, 2.05) is 36.4 Å². The summed E-state index contributed by atoms with van der Waals surface area (Å²) in [5, 5.41) is 4.87. The average Bonchev–Trinajstić information content (AvgIpc) is 3.78. The van der Waals surface area contributed by atoms with Gasteiger partial charge in [0.15, 0.2) is 7.14 Å². The number of hydrogen-bond donors (Lipinski definition) is 0. The monoisotopic (exact) mass is 760 g/mol. The van der Waals surface area contributed by atoms with Gasteiger partial charge in [-0.1, -0.05) is 164 Å². The van der Waals surface area contributed by atoms with Crippen LogP contribution in [0.1, 0.15) is 0 Å². The number of aromatic nitrogens is 1. The van der Waals surface area contributed by atoms with Crippen molar-refractivity contribution in [3.05, 3.63) is 224 Å². The molecule has 0 bridgehead atoms. The molecule has 1 aromatic heterocycles. The fraction of sp³-hybridized carbons (Fsp3) is 0. The lowest BCUT2D eigenvalue weighted by Gasteiger charge is -2.26. The van der Waals surface area contributed by atoms with Crippen LogP contribution in [-0.2, 0) is 4.57 Å². The number of nitrogens with zero attached hydrogens (tertiary/aromatic N) is 2. The lowest BCUT2D eigenvalue weighted by Crippen LogP contribution is -2.21. The number of hydrogen-bond acceptors (Lipinski definition) is 2. The van der Waals surface area contributed by atoms with Crippen LogP contribution in [0.4, 0.5) is 17.1 Å². The van der Waals surface area contributed by atoms with E-state index in [1.54, 1.807) is 0 Å². The third kappa shape index (κ3) is 5.39. The Hall–Kier alpha value is -7.19. The van der Waals surface area contributed by atoms with E-state index < -0.39 is 7.14 Å². The van der Waals surface area contributed by atoms with Crippen LogP contribution in [0.25, 0.3) is 60.9 Å². The molecule has 58 heavy (non-hydrogen) atoms. The van der Waals surface area contributed by atoms with Crippen LogP contribution >= 0.6 is 7.14 Å². The van der Waals surface area contributed by atoms with Crippen molar-refractivity contribution in [3.63, 3.8) is 0 Å². The number of benzene rings is 9. The molecule has 1 aliphatic heterocycles. The van der Waals surface area contributed by atoms with Gasteiger partial charge in [0.2, 0.25) is 0 Å². The van der Waals surface area contributed by atoms with Crippen molar-refractivity contribution in [2.75, 3.05) is 4.90 Å². The van der Waals surface area contributed by atoms with Gasteiger partial charge in [0.1, 0.15) is 0 Å². The minimum absolute atomic E-state index is 0.864. The predicted molar refractivity (Wildman–Crippen MR) is 245 cm³/mol. The Morgan fingerprint density at radius 2 is 0.862 bits per heavy atom. The summed E-state index contributed by atoms with van der Waals surface area (Å²) in [7, 11) is -3.19. The van der Waals surface area contributed by atoms with Gasteiger partial charge >= 0.3 is 0 Å². The highest BCUT2D eigenvalue weighted by atomic mass is 31.2. The minimum atomic E-state index is -3.19. The van der Waals surface area contributed by atoms with Gasteiger partial charge in [-0.05, 0) is 94.0 Å². The van der Waals surface area contributed by atoms with Crippen LogP contribution in [0.5, 0.6) is 0 Å². The van der Waals surface area contributed by atoms with Gasteiger partial charge < -0.3 is 14.0 Å². The van der Waals surface area contributed by atoms with E-state index >= 15 is 4.57 Å². The van der Waals surface area contributed by atoms with Gasteiger partial charge in [-0.2, -0.15) is 0 Å². The number of para-hydroxylation sites is 1. The highest BCUT2D eigenvalue weighted by Gasteiger charge is 2.42. The summed E-state index contributed by atoms with van der Waals surface area (Å²) in [6, 6.07) is 78.7. The zero-order chi connectivity index (χ0) is 38.6. The molecule has 0 fully saturated rings. The van der Waals surface area contributed by atoms with E-state index in [9.17, 15) is 0 Å². The Bertz CT molecular complexity index is 3070. The third-order valence-corrected chi connectivity index (χ3v) is 14.8. The van der Waals surface area contributed by atoms with Gasteiger partial charge in [0, 0.05) is 49.4 Å². The second kappa shape index (κ2) is 13.8. The molecule has 3 nitrogen and oxygen atoms in total. The maximum atomic E-state index is 15.8. The largest absolute Gasteiger partial charge is 0.311 e. The molecule has 10 aromatic rings. The molecule has 9 aromatic carbocycles. The first-order valence-electron chi connectivity index (χ1n) is 19.7. The van der Waals surface area contributed by atoms with E-state index in [4.69, 9.17) is 0 Å². The van der Waals surface area contributed by atoms with Gasteiger partial charge in [-0.15, -0.1) is 0 Å². The van der Waals surface area contributed by atoms with E-state index in [-0.39, 0.29) is 0 Å². The molecule has 0 aliphatic carbocycles. The Balaban J connectivity index is 1.06. The van der Waals surface area contributed by atoms with E-state index in [0.29, 0.717) is 0 Å². The van der Waals surface area contributed by atoms with E-state index in [1.165, 1.54) is 22.3 Å². The fourth-order valence-electron chi connectivity index (χ4n) is 8.93. The molecule has 0 N–H and O–H groups in total. The zero-order valence-corrected chi connectivity index (χ0v) is 32.5. The van der Waals surface area contributed by atoms with Crippen molar-refractivity contribution >= 4 is 61.9 Å². The molecule has 0 amide bonds. The Labute approximate surface area is 338 Å². The summed E-state index contributed by atoms with van der Waals surface area (Å²) >= 11 is 0. The molecule has 1 atom stereocenters. The number of anilines is 3. The number of fused-ring (bicyclic) bond motifs is 7. The molecule has 1 aliphatic rings. The highest BCUT2D eigenvalue weighted by molar-refractivity contribution is 7.86. The average molecular weight is 761 g/mol. The van der Waals surface area contributed by atoms with Gasteiger partial charge in [0.25, 0.3) is 0 Å². The van der Waals surface area contributed by atoms with Gasteiger partial charge in [-0.25, -0.2) is 0 Å². The Kier molecular flexibility index (Phi) is 8.10. The molecule has 274 valence electrons. The minimum Gasteiger partial charge on any atom is -0.311 e. The second-order valence-electron chi connectivity index (χ2n) is 14.8. The molecule has 4 heteroatoms. The molecular weight excluding hydrogens is 724 g/mol. The Morgan fingerprint density at radius 3 is 1.47 bits per heavy atom. The summed E-state index contributed by atoms with van der Waals surface area (Å²) in [4.78, 5) is 2.32. The molecule has 2 heterocycles. The van der Waals surface area contributed by atoms with E-state index in [2.05, 4.69) is 198 Å². The van der Waals surface area contributed by atoms with Crippen molar-refractivity contribution in [1.29, 1.82) is 0 Å². The lowest BCUT2D eigenvalue weighted by molar-refractivity contribution is 0.593. The molecule has 0 saturated carbocycles. The smallest absolute Gasteiger partial charge is 0.172 e. The maximum absolute atomic E-state index is 15.8. The van der Waals surface area contributed by atoms with E-state index in [0.717, 1.165) is 71.6 Å². The first-order chi connectivity index (χ1) is 28.7. The molecule has 1 unspecified atom stereocenters. The maximum Gasteiger partial charge on any atom is 0.172 e. The zero-order valence-electron chi connectivity index (χ0n) is 31.6. The fourth-order valence-corrected chi connectivity index (χ4v) is 12.2. The summed E-state index contributed by atoms with van der Waals surface area (Å²) < 4.78 is 18.2. The van der Waals surface area contributed by atoms with Crippen LogP contribution in [-0.4, -0.2) is 4.57 Å². The Morgan fingerprint density at radius 1 is 0.379 bits per heavy atom. The third-order valence-electron chi connectivity index (χ3n) is 11.6. The van der Waals surface area contributed by atoms with Crippen molar-refractivity contribution in [1.82, 2.24) is 4.57 Å². The lowest BCUT2D eigenvalue weighted by atomic mass is 10.0. The van der Waals surface area contributed by atoms with Crippen LogP contribution in [0.3, 0.4) is 0 Å². The first-order valence-corrected chi connectivity index (χ1v) is 21.4. The predicted octanol–water partition coefficient (Wildman–Crippen LogP) is 13.2. The second-order valence-corrected chi connectivity index (χ2v) is 17.5. The normalized spacial score (nSPS) is 14.3. The van der Waals surface area contributed by atoms with Gasteiger partial charge in [-0.3, -0.25) is 0 Å². The van der Waals surface area contributed by atoms with Crippen molar-refractivity contribution in [3.8, 4) is 39.1 Å². The molecule has 11 rings (SSSR count). The summed E-state index contributed by atoms with van der Waals surface area (Å²) in [6.45, 7) is 0. The molecule has 0 spiro atoms. The summed E-state index contributed by atoms with van der Waals surface area (Å²) in [5.41, 5.74) is 13.2. The standard InChI is InChI=1S/C54H37N2OP/c57-58(46-18-8-3-9-19-46)52-23-13-11-20-47(52)48-36-37-51-53(54(48)58)49-21-10-12-22-50(49)56(51)45-34-32-44(33-35-45)55(42-28-24-40(25-29-42)38-14-4-1-5-15-38)43-30-26-41(27-31-43)39-16-6-2-7-17-39/h1-37H.